The van der Waals surface area contributed by atoms with E-state index in [4.69, 9.17) is 13.7 Å². The molecule has 1 fully saturated rings. The van der Waals surface area contributed by atoms with Gasteiger partial charge in [0.1, 0.15) is 0 Å². The lowest BCUT2D eigenvalue weighted by atomic mass is 10.1. The Labute approximate surface area is 227 Å². The summed E-state index contributed by atoms with van der Waals surface area (Å²) in [5.41, 5.74) is 0. The minimum Gasteiger partial charge on any atom is -0.353 e. The molecule has 1 rings (SSSR count). The van der Waals surface area contributed by atoms with E-state index in [-0.39, 0.29) is 12.4 Å². The van der Waals surface area contributed by atoms with Gasteiger partial charge in [0.05, 0.1) is 12.4 Å². The van der Waals surface area contributed by atoms with E-state index in [1.807, 2.05) is 0 Å². The molecule has 5 nitrogen and oxygen atoms in total. The second kappa shape index (κ2) is 23.4. The van der Waals surface area contributed by atoms with Gasteiger partial charge in [0, 0.05) is 13.2 Å². The molecule has 1 saturated heterocycles. The predicted octanol–water partition coefficient (Wildman–Crippen LogP) is 8.13. The van der Waals surface area contributed by atoms with Gasteiger partial charge in [0.25, 0.3) is 10.1 Å². The van der Waals surface area contributed by atoms with Crippen LogP contribution in [0, 0.1) is 0 Å². The number of allylic oxidation sites excluding steroid dienone is 12. The largest absolute Gasteiger partial charge is 0.353 e. The van der Waals surface area contributed by atoms with Crippen LogP contribution in [0.4, 0.5) is 0 Å². The van der Waals surface area contributed by atoms with Crippen LogP contribution in [-0.2, 0) is 23.8 Å². The van der Waals surface area contributed by atoms with Crippen molar-refractivity contribution in [2.45, 2.75) is 103 Å². The topological polar surface area (TPSA) is 61.8 Å². The van der Waals surface area contributed by atoms with Crippen molar-refractivity contribution in [3.05, 3.63) is 72.9 Å². The van der Waals surface area contributed by atoms with Crippen molar-refractivity contribution in [2.24, 2.45) is 0 Å². The van der Waals surface area contributed by atoms with Crippen molar-refractivity contribution >= 4 is 10.1 Å². The molecular weight excluding hydrogens is 484 g/mol. The van der Waals surface area contributed by atoms with Crippen molar-refractivity contribution in [1.82, 2.24) is 0 Å². The summed E-state index contributed by atoms with van der Waals surface area (Å²) in [6.45, 7) is 3.47. The van der Waals surface area contributed by atoms with Crippen molar-refractivity contribution in [3.63, 3.8) is 0 Å². The number of ether oxygens (including phenoxy) is 2. The molecule has 0 N–H and O–H groups in total. The highest BCUT2D eigenvalue weighted by Crippen LogP contribution is 2.16. The first-order chi connectivity index (χ1) is 18.0. The summed E-state index contributed by atoms with van der Waals surface area (Å²) in [6, 6.07) is 0. The zero-order valence-corrected chi connectivity index (χ0v) is 24.0. The summed E-state index contributed by atoms with van der Waals surface area (Å²) in [4.78, 5) is 0. The maximum atomic E-state index is 11.6. The van der Waals surface area contributed by atoms with E-state index >= 15 is 0 Å². The first kappa shape index (κ1) is 33.3. The van der Waals surface area contributed by atoms with Crippen LogP contribution in [0.15, 0.2) is 72.9 Å². The molecule has 0 saturated carbocycles. The first-order valence-corrected chi connectivity index (χ1v) is 15.8. The van der Waals surface area contributed by atoms with E-state index in [9.17, 15) is 8.42 Å². The average molecular weight is 535 g/mol. The Morgan fingerprint density at radius 1 is 0.784 bits per heavy atom. The number of hydrogen-bond acceptors (Lipinski definition) is 5. The van der Waals surface area contributed by atoms with E-state index in [1.54, 1.807) is 0 Å². The molecule has 0 aromatic carbocycles. The molecule has 0 aliphatic carbocycles. The molecule has 0 amide bonds. The summed E-state index contributed by atoms with van der Waals surface area (Å²) >= 11 is 0. The summed E-state index contributed by atoms with van der Waals surface area (Å²) in [5.74, 6) is 0. The highest BCUT2D eigenvalue weighted by atomic mass is 32.2. The third-order valence-corrected chi connectivity index (χ3v) is 6.30. The second-order valence-corrected chi connectivity index (χ2v) is 10.8. The lowest BCUT2D eigenvalue weighted by Crippen LogP contribution is -2.23. The third-order valence-electron chi connectivity index (χ3n) is 5.67. The predicted molar refractivity (Wildman–Crippen MR) is 156 cm³/mol. The van der Waals surface area contributed by atoms with Crippen molar-refractivity contribution < 1.29 is 22.1 Å². The van der Waals surface area contributed by atoms with Gasteiger partial charge in [0.2, 0.25) is 0 Å². The smallest absolute Gasteiger partial charge is 0.264 e. The Balaban J connectivity index is 2.12. The van der Waals surface area contributed by atoms with Gasteiger partial charge >= 0.3 is 0 Å². The second-order valence-electron chi connectivity index (χ2n) is 9.22. The first-order valence-electron chi connectivity index (χ1n) is 14.0. The Morgan fingerprint density at radius 3 is 1.81 bits per heavy atom. The molecule has 1 heterocycles. The molecule has 1 aliphatic rings. The van der Waals surface area contributed by atoms with E-state index in [0.29, 0.717) is 19.4 Å². The van der Waals surface area contributed by atoms with E-state index in [0.717, 1.165) is 83.5 Å². The quantitative estimate of drug-likeness (QED) is 0.0845. The van der Waals surface area contributed by atoms with Crippen LogP contribution < -0.4 is 0 Å². The lowest BCUT2D eigenvalue weighted by molar-refractivity contribution is -0.163. The van der Waals surface area contributed by atoms with Crippen LogP contribution in [-0.4, -0.2) is 40.3 Å². The molecule has 2 unspecified atom stereocenters. The van der Waals surface area contributed by atoms with Crippen LogP contribution in [0.2, 0.25) is 0 Å². The summed E-state index contributed by atoms with van der Waals surface area (Å²) in [7, 11) is -3.47. The Morgan fingerprint density at radius 2 is 1.32 bits per heavy atom. The van der Waals surface area contributed by atoms with Crippen LogP contribution in [0.1, 0.15) is 90.4 Å². The molecular formula is C31H50O5S. The molecule has 0 bridgehead atoms. The number of hydrogen-bond donors (Lipinski definition) is 0. The molecule has 6 heteroatoms. The minimum absolute atomic E-state index is 0.109. The standard InChI is InChI=1S/C31H50O5S/c1-3-4-5-6-7-8-9-10-11-12-13-14-15-16-17-18-19-20-21-25-30(36-37(2,32)33)26-24-29-35-31-27-22-23-28-34-31/h4-5,7-8,10-11,13-14,16-17,19-20,30-31H,3,6,9,12,15,18,21-29H2,1-2H3/b5-4-,8-7-,11-10-,14-13-,17-16-,20-19-. The van der Waals surface area contributed by atoms with Crippen molar-refractivity contribution in [1.29, 1.82) is 0 Å². The Bertz CT molecular complexity index is 815. The van der Waals surface area contributed by atoms with E-state index in [2.05, 4.69) is 79.8 Å². The molecule has 0 aromatic heterocycles. The zero-order valence-electron chi connectivity index (χ0n) is 23.1. The highest BCUT2D eigenvalue weighted by Gasteiger charge is 2.17. The molecule has 1 aliphatic heterocycles. The van der Waals surface area contributed by atoms with Gasteiger partial charge < -0.3 is 9.47 Å². The van der Waals surface area contributed by atoms with Gasteiger partial charge in [-0.3, -0.25) is 4.18 Å². The number of rotatable bonds is 21. The molecule has 0 aromatic rings. The highest BCUT2D eigenvalue weighted by molar-refractivity contribution is 7.86. The van der Waals surface area contributed by atoms with Crippen LogP contribution in [0.25, 0.3) is 0 Å². The van der Waals surface area contributed by atoms with Gasteiger partial charge in [-0.25, -0.2) is 0 Å². The SMILES string of the molecule is CC/C=C\C/C=C\C/C=C\C/C=C\C/C=C\C/C=C\CCC(CCCOC1CCCCO1)OS(C)(=O)=O. The maximum absolute atomic E-state index is 11.6. The Hall–Kier alpha value is -1.73. The minimum atomic E-state index is -3.47. The average Bonchev–Trinajstić information content (AvgIpc) is 2.87. The molecule has 0 spiro atoms. The molecule has 37 heavy (non-hydrogen) atoms. The molecule has 2 atom stereocenters. The maximum Gasteiger partial charge on any atom is 0.264 e. The molecule has 210 valence electrons. The zero-order chi connectivity index (χ0) is 26.9. The fourth-order valence-electron chi connectivity index (χ4n) is 3.78. The van der Waals surface area contributed by atoms with Crippen molar-refractivity contribution in [3.8, 4) is 0 Å². The third kappa shape index (κ3) is 23.1. The fourth-order valence-corrected chi connectivity index (χ4v) is 4.46. The van der Waals surface area contributed by atoms with Crippen LogP contribution in [0.3, 0.4) is 0 Å². The fraction of sp³-hybridized carbons (Fsp3) is 0.613. The van der Waals surface area contributed by atoms with Crippen LogP contribution >= 0.6 is 0 Å². The van der Waals surface area contributed by atoms with Crippen LogP contribution in [0.5, 0.6) is 0 Å². The molecule has 0 radical (unpaired) electrons. The summed E-state index contributed by atoms with van der Waals surface area (Å²) < 4.78 is 39.8. The summed E-state index contributed by atoms with van der Waals surface area (Å²) in [5, 5.41) is 0. The normalized spacial score (nSPS) is 18.6. The monoisotopic (exact) mass is 534 g/mol. The van der Waals surface area contributed by atoms with Gasteiger partial charge in [0.15, 0.2) is 6.29 Å². The van der Waals surface area contributed by atoms with E-state index in [1.165, 1.54) is 0 Å². The Kier molecular flexibility index (Phi) is 21.1. The lowest BCUT2D eigenvalue weighted by Gasteiger charge is -2.23. The van der Waals surface area contributed by atoms with E-state index < -0.39 is 10.1 Å². The van der Waals surface area contributed by atoms with Gasteiger partial charge in [-0.05, 0) is 83.5 Å². The summed E-state index contributed by atoms with van der Waals surface area (Å²) in [6.07, 6.45) is 38.8. The van der Waals surface area contributed by atoms with Gasteiger partial charge in [-0.2, -0.15) is 8.42 Å². The van der Waals surface area contributed by atoms with Gasteiger partial charge in [-0.1, -0.05) is 79.8 Å². The van der Waals surface area contributed by atoms with Crippen molar-refractivity contribution in [2.75, 3.05) is 19.5 Å². The van der Waals surface area contributed by atoms with Gasteiger partial charge in [-0.15, -0.1) is 0 Å².